The number of benzene rings is 1. The second-order valence-electron chi connectivity index (χ2n) is 5.65. The van der Waals surface area contributed by atoms with Crippen LogP contribution in [0.5, 0.6) is 0 Å². The van der Waals surface area contributed by atoms with Gasteiger partial charge in [0.25, 0.3) is 0 Å². The SMILES string of the molecule is CC(C)(C)c1ccc(SCc2ccc(Cl)nc2Cl)cc1. The van der Waals surface area contributed by atoms with E-state index in [1.165, 1.54) is 10.5 Å². The zero-order chi connectivity index (χ0) is 14.8. The van der Waals surface area contributed by atoms with Crippen molar-refractivity contribution in [3.05, 3.63) is 57.8 Å². The quantitative estimate of drug-likeness (QED) is 0.508. The van der Waals surface area contributed by atoms with E-state index < -0.39 is 0 Å². The molecule has 2 rings (SSSR count). The molecular formula is C16H17Cl2NS. The van der Waals surface area contributed by atoms with Crippen LogP contribution in [0.15, 0.2) is 41.3 Å². The van der Waals surface area contributed by atoms with Gasteiger partial charge in [-0.2, -0.15) is 0 Å². The molecule has 0 spiro atoms. The van der Waals surface area contributed by atoms with Gasteiger partial charge in [0.1, 0.15) is 10.3 Å². The summed E-state index contributed by atoms with van der Waals surface area (Å²) >= 11 is 13.6. The predicted molar refractivity (Wildman–Crippen MR) is 89.0 cm³/mol. The summed E-state index contributed by atoms with van der Waals surface area (Å²) in [7, 11) is 0. The summed E-state index contributed by atoms with van der Waals surface area (Å²) in [5.41, 5.74) is 2.53. The maximum Gasteiger partial charge on any atom is 0.134 e. The average molecular weight is 326 g/mol. The number of hydrogen-bond donors (Lipinski definition) is 0. The van der Waals surface area contributed by atoms with Crippen molar-refractivity contribution >= 4 is 35.0 Å². The number of halogens is 2. The molecule has 1 heterocycles. The first-order chi connectivity index (χ1) is 9.36. The molecule has 0 saturated heterocycles. The van der Waals surface area contributed by atoms with E-state index >= 15 is 0 Å². The van der Waals surface area contributed by atoms with Gasteiger partial charge >= 0.3 is 0 Å². The van der Waals surface area contributed by atoms with Crippen LogP contribution in [0, 0.1) is 0 Å². The second kappa shape index (κ2) is 6.38. The van der Waals surface area contributed by atoms with Crippen LogP contribution in [0.25, 0.3) is 0 Å². The van der Waals surface area contributed by atoms with Crippen LogP contribution >= 0.6 is 35.0 Å². The molecule has 0 aliphatic heterocycles. The molecule has 0 atom stereocenters. The lowest BCUT2D eigenvalue weighted by atomic mass is 9.87. The lowest BCUT2D eigenvalue weighted by Gasteiger charge is -2.19. The number of rotatable bonds is 3. The summed E-state index contributed by atoms with van der Waals surface area (Å²) in [6.45, 7) is 6.65. The van der Waals surface area contributed by atoms with Gasteiger partial charge in [0.15, 0.2) is 0 Å². The number of aromatic nitrogens is 1. The molecule has 0 N–H and O–H groups in total. The van der Waals surface area contributed by atoms with Gasteiger partial charge in [0.05, 0.1) is 0 Å². The maximum atomic E-state index is 6.07. The Hall–Kier alpha value is -0.700. The van der Waals surface area contributed by atoms with Gasteiger partial charge in [-0.05, 0) is 34.7 Å². The van der Waals surface area contributed by atoms with Crippen molar-refractivity contribution in [1.82, 2.24) is 4.98 Å². The molecule has 0 bridgehead atoms. The first kappa shape index (κ1) is 15.7. The Kier molecular flexibility index (Phi) is 5.00. The number of nitrogens with zero attached hydrogens (tertiary/aromatic N) is 1. The Morgan fingerprint density at radius 3 is 2.20 bits per heavy atom. The highest BCUT2D eigenvalue weighted by atomic mass is 35.5. The second-order valence-corrected chi connectivity index (χ2v) is 7.44. The van der Waals surface area contributed by atoms with E-state index in [1.807, 2.05) is 6.07 Å². The van der Waals surface area contributed by atoms with Crippen LogP contribution in [-0.4, -0.2) is 4.98 Å². The summed E-state index contributed by atoms with van der Waals surface area (Å²) < 4.78 is 0. The van der Waals surface area contributed by atoms with E-state index in [-0.39, 0.29) is 5.41 Å². The Bertz CT molecular complexity index is 588. The summed E-state index contributed by atoms with van der Waals surface area (Å²) in [6, 6.07) is 12.4. The van der Waals surface area contributed by atoms with Crippen LogP contribution in [0.4, 0.5) is 0 Å². The summed E-state index contributed by atoms with van der Waals surface area (Å²) in [6.07, 6.45) is 0. The third kappa shape index (κ3) is 4.15. The first-order valence-corrected chi connectivity index (χ1v) is 8.15. The van der Waals surface area contributed by atoms with Gasteiger partial charge in [-0.1, -0.05) is 62.2 Å². The van der Waals surface area contributed by atoms with Crippen molar-refractivity contribution in [2.45, 2.75) is 36.8 Å². The zero-order valence-electron chi connectivity index (χ0n) is 11.8. The van der Waals surface area contributed by atoms with Gasteiger partial charge in [-0.15, -0.1) is 11.8 Å². The molecule has 0 aliphatic carbocycles. The molecule has 4 heteroatoms. The molecule has 2 aromatic rings. The molecular weight excluding hydrogens is 309 g/mol. The molecule has 0 aliphatic rings. The van der Waals surface area contributed by atoms with Crippen molar-refractivity contribution < 1.29 is 0 Å². The summed E-state index contributed by atoms with van der Waals surface area (Å²) in [5, 5.41) is 0.912. The third-order valence-electron chi connectivity index (χ3n) is 3.01. The fraction of sp³-hybridized carbons (Fsp3) is 0.312. The van der Waals surface area contributed by atoms with Crippen molar-refractivity contribution in [3.8, 4) is 0 Å². The average Bonchev–Trinajstić information content (AvgIpc) is 2.37. The van der Waals surface area contributed by atoms with Crippen molar-refractivity contribution in [2.75, 3.05) is 0 Å². The minimum atomic E-state index is 0.187. The number of pyridine rings is 1. The van der Waals surface area contributed by atoms with Gasteiger partial charge in [0.2, 0.25) is 0 Å². The zero-order valence-corrected chi connectivity index (χ0v) is 14.1. The third-order valence-corrected chi connectivity index (χ3v) is 4.61. The Morgan fingerprint density at radius 2 is 1.65 bits per heavy atom. The first-order valence-electron chi connectivity index (χ1n) is 6.40. The monoisotopic (exact) mass is 325 g/mol. The topological polar surface area (TPSA) is 12.9 Å². The smallest absolute Gasteiger partial charge is 0.134 e. The van der Waals surface area contributed by atoms with Crippen LogP contribution in [-0.2, 0) is 11.2 Å². The number of hydrogen-bond acceptors (Lipinski definition) is 2. The Morgan fingerprint density at radius 1 is 1.00 bits per heavy atom. The van der Waals surface area contributed by atoms with Gasteiger partial charge in [0, 0.05) is 10.6 Å². The van der Waals surface area contributed by atoms with E-state index in [9.17, 15) is 0 Å². The fourth-order valence-electron chi connectivity index (χ4n) is 1.76. The van der Waals surface area contributed by atoms with Gasteiger partial charge in [-0.25, -0.2) is 4.98 Å². The summed E-state index contributed by atoms with van der Waals surface area (Å²) in [5.74, 6) is 0.790. The Labute approximate surface area is 134 Å². The normalized spacial score (nSPS) is 11.7. The highest BCUT2D eigenvalue weighted by Crippen LogP contribution is 2.29. The molecule has 0 radical (unpaired) electrons. The molecule has 0 fully saturated rings. The largest absolute Gasteiger partial charge is 0.224 e. The molecule has 0 amide bonds. The van der Waals surface area contributed by atoms with Gasteiger partial charge in [-0.3, -0.25) is 0 Å². The molecule has 1 aromatic heterocycles. The number of thioether (sulfide) groups is 1. The van der Waals surface area contributed by atoms with Crippen LogP contribution in [0.2, 0.25) is 10.3 Å². The van der Waals surface area contributed by atoms with E-state index in [0.29, 0.717) is 10.3 Å². The summed E-state index contributed by atoms with van der Waals surface area (Å²) in [4.78, 5) is 5.28. The Balaban J connectivity index is 2.04. The van der Waals surface area contributed by atoms with E-state index in [4.69, 9.17) is 23.2 Å². The van der Waals surface area contributed by atoms with Crippen molar-refractivity contribution in [2.24, 2.45) is 0 Å². The van der Waals surface area contributed by atoms with Gasteiger partial charge < -0.3 is 0 Å². The van der Waals surface area contributed by atoms with E-state index in [2.05, 4.69) is 50.0 Å². The van der Waals surface area contributed by atoms with Crippen LogP contribution in [0.3, 0.4) is 0 Å². The highest BCUT2D eigenvalue weighted by molar-refractivity contribution is 7.98. The molecule has 0 saturated carbocycles. The minimum absolute atomic E-state index is 0.187. The maximum absolute atomic E-state index is 6.07. The molecule has 1 aromatic carbocycles. The van der Waals surface area contributed by atoms with Crippen molar-refractivity contribution in [1.29, 1.82) is 0 Å². The lowest BCUT2D eigenvalue weighted by Crippen LogP contribution is -2.10. The fourth-order valence-corrected chi connectivity index (χ4v) is 3.14. The van der Waals surface area contributed by atoms with Crippen LogP contribution < -0.4 is 0 Å². The van der Waals surface area contributed by atoms with Crippen molar-refractivity contribution in [3.63, 3.8) is 0 Å². The predicted octanol–water partition coefficient (Wildman–Crippen LogP) is 5.98. The molecule has 20 heavy (non-hydrogen) atoms. The molecule has 106 valence electrons. The lowest BCUT2D eigenvalue weighted by molar-refractivity contribution is 0.590. The van der Waals surface area contributed by atoms with E-state index in [1.54, 1.807) is 17.8 Å². The highest BCUT2D eigenvalue weighted by Gasteiger charge is 2.13. The molecule has 0 unspecified atom stereocenters. The minimum Gasteiger partial charge on any atom is -0.224 e. The van der Waals surface area contributed by atoms with Crippen LogP contribution in [0.1, 0.15) is 31.9 Å². The standard InChI is InChI=1S/C16H17Cl2NS/c1-16(2,3)12-5-7-13(8-6-12)20-10-11-4-9-14(17)19-15(11)18/h4-9H,10H2,1-3H3. The van der Waals surface area contributed by atoms with E-state index in [0.717, 1.165) is 11.3 Å². The molecule has 1 nitrogen and oxygen atoms in total.